The molecule has 1 unspecified atom stereocenters. The van der Waals surface area contributed by atoms with E-state index in [0.717, 1.165) is 89.9 Å². The number of aliphatic hydroxyl groups is 2. The molecule has 2 N–H and O–H groups in total. The molecule has 0 aromatic carbocycles. The third-order valence-electron chi connectivity index (χ3n) is 9.96. The van der Waals surface area contributed by atoms with Crippen LogP contribution in [-0.2, 0) is 23.9 Å². The molecule has 1 heterocycles. The summed E-state index contributed by atoms with van der Waals surface area (Å²) in [7, 11) is 0. The van der Waals surface area contributed by atoms with Gasteiger partial charge in [-0.1, -0.05) is 127 Å². The molecule has 0 aromatic heterocycles. The molecular formula is C46H80N2O7. The molecule has 55 heavy (non-hydrogen) atoms. The lowest BCUT2D eigenvalue weighted by molar-refractivity contribution is -0.148. The molecule has 316 valence electrons. The molecule has 1 amide bonds. The molecule has 0 bridgehead atoms. The van der Waals surface area contributed by atoms with Crippen LogP contribution in [0.2, 0.25) is 0 Å². The summed E-state index contributed by atoms with van der Waals surface area (Å²) in [4.78, 5) is 41.2. The predicted molar refractivity (Wildman–Crippen MR) is 226 cm³/mol. The van der Waals surface area contributed by atoms with E-state index in [9.17, 15) is 24.6 Å². The van der Waals surface area contributed by atoms with Crippen LogP contribution in [0.15, 0.2) is 48.6 Å². The Labute approximate surface area is 335 Å². The van der Waals surface area contributed by atoms with Crippen LogP contribution in [0.25, 0.3) is 0 Å². The Bertz CT molecular complexity index is 998. The topological polar surface area (TPSA) is 117 Å². The number of unbranched alkanes of at least 4 members (excludes halogenated alkanes) is 16. The Morgan fingerprint density at radius 1 is 0.545 bits per heavy atom. The van der Waals surface area contributed by atoms with Crippen LogP contribution in [0.5, 0.6) is 0 Å². The van der Waals surface area contributed by atoms with Gasteiger partial charge in [-0.3, -0.25) is 19.3 Å². The van der Waals surface area contributed by atoms with E-state index in [2.05, 4.69) is 62.5 Å². The summed E-state index contributed by atoms with van der Waals surface area (Å²) >= 11 is 0. The molecule has 0 radical (unpaired) electrons. The molecule has 1 fully saturated rings. The summed E-state index contributed by atoms with van der Waals surface area (Å²) in [5.41, 5.74) is 0. The van der Waals surface area contributed by atoms with Crippen LogP contribution < -0.4 is 0 Å². The Morgan fingerprint density at radius 2 is 0.909 bits per heavy atom. The van der Waals surface area contributed by atoms with Crippen LogP contribution in [0.1, 0.15) is 168 Å². The highest BCUT2D eigenvalue weighted by Crippen LogP contribution is 2.12. The van der Waals surface area contributed by atoms with Crippen molar-refractivity contribution in [2.45, 2.75) is 180 Å². The van der Waals surface area contributed by atoms with Gasteiger partial charge in [-0.05, 0) is 77.0 Å². The van der Waals surface area contributed by atoms with Crippen molar-refractivity contribution in [1.82, 2.24) is 9.80 Å². The monoisotopic (exact) mass is 773 g/mol. The first-order valence-electron chi connectivity index (χ1n) is 22.1. The number of allylic oxidation sites excluding steroid dienone is 8. The Balaban J connectivity index is 2.23. The van der Waals surface area contributed by atoms with Crippen molar-refractivity contribution in [3.05, 3.63) is 48.6 Å². The Morgan fingerprint density at radius 3 is 1.31 bits per heavy atom. The number of hydrogen-bond acceptors (Lipinski definition) is 8. The van der Waals surface area contributed by atoms with Crippen LogP contribution in [0.4, 0.5) is 0 Å². The van der Waals surface area contributed by atoms with E-state index >= 15 is 0 Å². The number of β-amino-alcohol motifs (C(OH)–C–C–N with tert-alkyl or cyclic N) is 2. The van der Waals surface area contributed by atoms with E-state index in [4.69, 9.17) is 9.47 Å². The lowest BCUT2D eigenvalue weighted by Gasteiger charge is -2.25. The largest absolute Gasteiger partial charge is 0.464 e. The van der Waals surface area contributed by atoms with Gasteiger partial charge in [0.1, 0.15) is 13.2 Å². The summed E-state index contributed by atoms with van der Waals surface area (Å²) in [5.74, 6) is -0.767. The van der Waals surface area contributed by atoms with Crippen molar-refractivity contribution < 1.29 is 34.1 Å². The van der Waals surface area contributed by atoms with Gasteiger partial charge in [0.25, 0.3) is 0 Å². The predicted octanol–water partition coefficient (Wildman–Crippen LogP) is 9.57. The summed E-state index contributed by atoms with van der Waals surface area (Å²) < 4.78 is 10.9. The van der Waals surface area contributed by atoms with Crippen molar-refractivity contribution in [2.75, 3.05) is 45.9 Å². The van der Waals surface area contributed by atoms with Crippen LogP contribution >= 0.6 is 0 Å². The second-order valence-corrected chi connectivity index (χ2v) is 15.1. The third kappa shape index (κ3) is 31.1. The zero-order valence-electron chi connectivity index (χ0n) is 35.0. The third-order valence-corrected chi connectivity index (χ3v) is 9.96. The van der Waals surface area contributed by atoms with Gasteiger partial charge in [0.2, 0.25) is 5.91 Å². The number of aliphatic hydroxyl groups excluding tert-OH is 2. The second-order valence-electron chi connectivity index (χ2n) is 15.1. The van der Waals surface area contributed by atoms with Crippen molar-refractivity contribution in [3.8, 4) is 0 Å². The summed E-state index contributed by atoms with van der Waals surface area (Å²) in [6.07, 6.45) is 41.7. The molecule has 1 aliphatic rings. The number of amides is 1. The lowest BCUT2D eigenvalue weighted by atomic mass is 10.1. The maximum Gasteiger partial charge on any atom is 0.305 e. The number of carbonyl (C=O) groups is 3. The summed E-state index contributed by atoms with van der Waals surface area (Å²) in [6, 6.07) is 0. The minimum atomic E-state index is -0.883. The van der Waals surface area contributed by atoms with E-state index in [0.29, 0.717) is 12.8 Å². The minimum Gasteiger partial charge on any atom is -0.464 e. The molecule has 2 atom stereocenters. The minimum absolute atomic E-state index is 0.0218. The zero-order chi connectivity index (χ0) is 40.0. The average Bonchev–Trinajstić information content (AvgIpc) is 3.49. The van der Waals surface area contributed by atoms with Crippen LogP contribution in [-0.4, -0.2) is 96.0 Å². The fourth-order valence-corrected chi connectivity index (χ4v) is 6.47. The normalized spacial score (nSPS) is 16.4. The van der Waals surface area contributed by atoms with E-state index in [1.807, 2.05) is 0 Å². The van der Waals surface area contributed by atoms with E-state index in [1.54, 1.807) is 4.90 Å². The molecule has 0 saturated carbocycles. The quantitative estimate of drug-likeness (QED) is 0.0368. The van der Waals surface area contributed by atoms with Gasteiger partial charge in [-0.2, -0.15) is 0 Å². The zero-order valence-corrected chi connectivity index (χ0v) is 35.0. The van der Waals surface area contributed by atoms with Crippen molar-refractivity contribution in [1.29, 1.82) is 0 Å². The highest BCUT2D eigenvalue weighted by molar-refractivity contribution is 5.78. The fourth-order valence-electron chi connectivity index (χ4n) is 6.47. The van der Waals surface area contributed by atoms with Crippen molar-refractivity contribution in [3.63, 3.8) is 0 Å². The molecule has 1 rings (SSSR count). The van der Waals surface area contributed by atoms with Gasteiger partial charge in [-0.15, -0.1) is 0 Å². The molecule has 9 heteroatoms. The van der Waals surface area contributed by atoms with Crippen LogP contribution in [0.3, 0.4) is 0 Å². The second kappa shape index (κ2) is 36.9. The Hall–Kier alpha value is -2.75. The van der Waals surface area contributed by atoms with E-state index in [-0.39, 0.29) is 63.8 Å². The molecule has 0 spiro atoms. The highest BCUT2D eigenvalue weighted by Gasteiger charge is 2.31. The maximum atomic E-state index is 13.1. The van der Waals surface area contributed by atoms with Gasteiger partial charge in [-0.25, -0.2) is 0 Å². The first kappa shape index (κ1) is 50.3. The molecule has 1 aliphatic heterocycles. The fraction of sp³-hybridized carbons (Fsp3) is 0.761. The number of likely N-dealkylation sites (tertiary alicyclic amines) is 1. The van der Waals surface area contributed by atoms with Gasteiger partial charge < -0.3 is 24.6 Å². The van der Waals surface area contributed by atoms with Gasteiger partial charge in [0.15, 0.2) is 0 Å². The van der Waals surface area contributed by atoms with Crippen molar-refractivity contribution >= 4 is 17.8 Å². The smallest absolute Gasteiger partial charge is 0.305 e. The van der Waals surface area contributed by atoms with Crippen LogP contribution in [0, 0.1) is 0 Å². The molecule has 0 aliphatic carbocycles. The van der Waals surface area contributed by atoms with Crippen molar-refractivity contribution in [2.24, 2.45) is 0 Å². The first-order valence-corrected chi connectivity index (χ1v) is 22.1. The number of hydrogen-bond donors (Lipinski definition) is 2. The number of ether oxygens (including phenoxy) is 2. The number of rotatable bonds is 36. The van der Waals surface area contributed by atoms with E-state index < -0.39 is 12.2 Å². The molecule has 1 saturated heterocycles. The lowest BCUT2D eigenvalue weighted by Crippen LogP contribution is -2.43. The highest BCUT2D eigenvalue weighted by atomic mass is 16.5. The summed E-state index contributed by atoms with van der Waals surface area (Å²) in [6.45, 7) is 5.42. The first-order chi connectivity index (χ1) is 26.9. The number of carbonyl (C=O) groups excluding carboxylic acids is 3. The molecular weight excluding hydrogens is 693 g/mol. The van der Waals surface area contributed by atoms with Gasteiger partial charge >= 0.3 is 11.9 Å². The molecule has 9 nitrogen and oxygen atoms in total. The Kier molecular flexibility index (Phi) is 33.7. The number of nitrogens with zero attached hydrogens (tertiary/aromatic N) is 2. The maximum absolute atomic E-state index is 13.1. The number of esters is 2. The average molecular weight is 773 g/mol. The standard InChI is InChI=1S/C46H80N2O7/c1-3-5-7-9-11-13-15-17-19-21-23-25-27-29-31-33-45(52)54-37-35-48(44(51)41-47-39-42(49)43(50)40-47)36-38-55-46(53)34-32-30-28-26-24-22-20-18-16-14-12-10-8-6-4-2/h11-14,17-20,42-43,49-50H,3-10,15-16,21-41H2,1-2H3/b13-11-,14-12-,19-17-,20-18-/t42-,43?/m0/s1. The van der Waals surface area contributed by atoms with Gasteiger partial charge in [0.05, 0.1) is 31.8 Å². The SMILES string of the molecule is CCCCC/C=C\C/C=C\CCCCCCCC(=O)OCCN(CCOC(=O)CCCCCCC/C=C\C/C=C\CCCCC)C(=O)CN1CC(O)[C@@H](O)C1. The molecule has 0 aromatic rings. The van der Waals surface area contributed by atoms with E-state index in [1.165, 1.54) is 56.3 Å². The summed E-state index contributed by atoms with van der Waals surface area (Å²) in [5, 5.41) is 19.8. The van der Waals surface area contributed by atoms with Gasteiger partial charge in [0, 0.05) is 25.9 Å².